The number of nitrogens with zero attached hydrogens (tertiary/aromatic N) is 2. The largest absolute Gasteiger partial charge is 0.493 e. The zero-order chi connectivity index (χ0) is 14.8. The Hall–Kier alpha value is -1.33. The van der Waals surface area contributed by atoms with Crippen LogP contribution in [0.25, 0.3) is 0 Å². The number of aryl methyl sites for hydroxylation is 1. The summed E-state index contributed by atoms with van der Waals surface area (Å²) < 4.78 is 8.09. The van der Waals surface area contributed by atoms with Crippen molar-refractivity contribution < 1.29 is 9.84 Å². The maximum Gasteiger partial charge on any atom is 0.163 e. The number of hydrogen-bond donors (Lipinski definition) is 1. The predicted molar refractivity (Wildman–Crippen MR) is 81.9 cm³/mol. The second-order valence-corrected chi connectivity index (χ2v) is 5.52. The van der Waals surface area contributed by atoms with Crippen LogP contribution in [0.3, 0.4) is 0 Å². The summed E-state index contributed by atoms with van der Waals surface area (Å²) >= 11 is 3.45. The van der Waals surface area contributed by atoms with Crippen molar-refractivity contribution in [3.63, 3.8) is 0 Å². The van der Waals surface area contributed by atoms with Gasteiger partial charge in [-0.1, -0.05) is 35.0 Å². The van der Waals surface area contributed by atoms with E-state index in [2.05, 4.69) is 21.0 Å². The Labute approximate surface area is 127 Å². The van der Waals surface area contributed by atoms with Crippen LogP contribution in [-0.4, -0.2) is 22.0 Å². The predicted octanol–water partition coefficient (Wildman–Crippen LogP) is 3.32. The van der Waals surface area contributed by atoms with E-state index in [9.17, 15) is 5.11 Å². The van der Waals surface area contributed by atoms with Gasteiger partial charge in [0.25, 0.3) is 0 Å². The number of ether oxygens (including phenoxy) is 1. The molecule has 1 aromatic heterocycles. The Morgan fingerprint density at radius 3 is 2.70 bits per heavy atom. The molecule has 0 aliphatic rings. The first-order valence-corrected chi connectivity index (χ1v) is 7.44. The molecule has 1 heterocycles. The fourth-order valence-corrected chi connectivity index (χ4v) is 2.83. The topological polar surface area (TPSA) is 47.3 Å². The Morgan fingerprint density at radius 1 is 1.40 bits per heavy atom. The lowest BCUT2D eigenvalue weighted by molar-refractivity contribution is 0.0638. The van der Waals surface area contributed by atoms with Crippen molar-refractivity contribution in [3.8, 4) is 5.75 Å². The molecule has 0 bridgehead atoms. The van der Waals surface area contributed by atoms with Gasteiger partial charge in [0.15, 0.2) is 5.75 Å². The molecular formula is C15H19BrN2O2. The molecule has 1 atom stereocenters. The third-order valence-electron chi connectivity index (χ3n) is 3.53. The van der Waals surface area contributed by atoms with Crippen molar-refractivity contribution >= 4 is 15.9 Å². The van der Waals surface area contributed by atoms with Crippen molar-refractivity contribution in [2.24, 2.45) is 0 Å². The van der Waals surface area contributed by atoms with E-state index in [0.717, 1.165) is 10.0 Å². The van der Waals surface area contributed by atoms with Crippen LogP contribution in [0.15, 0.2) is 34.9 Å². The summed E-state index contributed by atoms with van der Waals surface area (Å²) in [7, 11) is 1.59. The van der Waals surface area contributed by atoms with Crippen LogP contribution in [0.4, 0.5) is 0 Å². The summed E-state index contributed by atoms with van der Waals surface area (Å²) in [5.41, 5.74) is 0.396. The van der Waals surface area contributed by atoms with Crippen LogP contribution >= 0.6 is 15.9 Å². The Kier molecular flexibility index (Phi) is 4.50. The molecular weight excluding hydrogens is 320 g/mol. The minimum absolute atomic E-state index is 0.533. The van der Waals surface area contributed by atoms with Crippen LogP contribution in [0.5, 0.6) is 5.75 Å². The second kappa shape index (κ2) is 5.97. The molecule has 0 saturated heterocycles. The average Bonchev–Trinajstić information content (AvgIpc) is 2.90. The summed E-state index contributed by atoms with van der Waals surface area (Å²) in [6.07, 6.45) is 2.18. The van der Waals surface area contributed by atoms with Gasteiger partial charge in [0.2, 0.25) is 0 Å². The van der Waals surface area contributed by atoms with Gasteiger partial charge >= 0.3 is 0 Å². The van der Waals surface area contributed by atoms with E-state index in [1.165, 1.54) is 0 Å². The van der Waals surface area contributed by atoms with Crippen molar-refractivity contribution in [1.29, 1.82) is 0 Å². The molecule has 1 aromatic carbocycles. The summed E-state index contributed by atoms with van der Waals surface area (Å²) in [6, 6.07) is 7.70. The van der Waals surface area contributed by atoms with Crippen molar-refractivity contribution in [1.82, 2.24) is 9.78 Å². The first-order valence-electron chi connectivity index (χ1n) is 6.65. The number of hydrogen-bond acceptors (Lipinski definition) is 3. The van der Waals surface area contributed by atoms with Gasteiger partial charge in [0, 0.05) is 11.0 Å². The number of halogens is 1. The Bertz CT molecular complexity index is 576. The molecule has 0 radical (unpaired) electrons. The lowest BCUT2D eigenvalue weighted by atomic mass is 9.87. The highest BCUT2D eigenvalue weighted by atomic mass is 79.9. The van der Waals surface area contributed by atoms with E-state index in [-0.39, 0.29) is 0 Å². The first kappa shape index (κ1) is 15.1. The molecule has 20 heavy (non-hydrogen) atoms. The van der Waals surface area contributed by atoms with Gasteiger partial charge in [0.05, 0.1) is 13.3 Å². The van der Waals surface area contributed by atoms with E-state index in [1.807, 2.05) is 38.1 Å². The van der Waals surface area contributed by atoms with E-state index in [4.69, 9.17) is 4.74 Å². The summed E-state index contributed by atoms with van der Waals surface area (Å²) in [6.45, 7) is 4.62. The Balaban J connectivity index is 2.64. The smallest absolute Gasteiger partial charge is 0.163 e. The van der Waals surface area contributed by atoms with Crippen LogP contribution in [-0.2, 0) is 12.1 Å². The van der Waals surface area contributed by atoms with Crippen LogP contribution in [0.2, 0.25) is 0 Å². The van der Waals surface area contributed by atoms with E-state index in [0.29, 0.717) is 24.4 Å². The monoisotopic (exact) mass is 338 g/mol. The number of rotatable bonds is 5. The average molecular weight is 339 g/mol. The highest BCUT2D eigenvalue weighted by Gasteiger charge is 2.36. The highest BCUT2D eigenvalue weighted by Crippen LogP contribution is 2.38. The van der Waals surface area contributed by atoms with Gasteiger partial charge in [-0.2, -0.15) is 5.10 Å². The van der Waals surface area contributed by atoms with Crippen molar-refractivity contribution in [2.75, 3.05) is 7.11 Å². The lowest BCUT2D eigenvalue weighted by Crippen LogP contribution is -2.30. The quantitative estimate of drug-likeness (QED) is 0.909. The molecule has 0 amide bonds. The van der Waals surface area contributed by atoms with Gasteiger partial charge in [-0.3, -0.25) is 4.68 Å². The molecule has 2 aromatic rings. The highest BCUT2D eigenvalue weighted by molar-refractivity contribution is 9.10. The molecule has 1 unspecified atom stereocenters. The maximum absolute atomic E-state index is 11.2. The van der Waals surface area contributed by atoms with Crippen LogP contribution < -0.4 is 4.74 Å². The Morgan fingerprint density at radius 2 is 2.15 bits per heavy atom. The molecule has 108 valence electrons. The van der Waals surface area contributed by atoms with Crippen LogP contribution in [0, 0.1) is 0 Å². The zero-order valence-electron chi connectivity index (χ0n) is 11.9. The van der Waals surface area contributed by atoms with Gasteiger partial charge < -0.3 is 9.84 Å². The van der Waals surface area contributed by atoms with Crippen molar-refractivity contribution in [3.05, 3.63) is 46.2 Å². The normalized spacial score (nSPS) is 14.1. The molecule has 0 aliphatic heterocycles. The third-order valence-corrected chi connectivity index (χ3v) is 4.02. The first-order chi connectivity index (χ1) is 9.56. The standard InChI is InChI=1S/C15H19BrN2O2/c1-4-15(19,11-7-6-8-12(16)9-11)14-13(20-3)10-17-18(14)5-2/h6-10,19H,4-5H2,1-3H3. The molecule has 5 heteroatoms. The molecule has 2 rings (SSSR count). The summed E-state index contributed by atoms with van der Waals surface area (Å²) in [5, 5.41) is 15.5. The number of benzene rings is 1. The number of aliphatic hydroxyl groups is 1. The molecule has 1 N–H and O–H groups in total. The van der Waals surface area contributed by atoms with Gasteiger partial charge in [-0.25, -0.2) is 0 Å². The minimum Gasteiger partial charge on any atom is -0.493 e. The molecule has 0 aliphatic carbocycles. The van der Waals surface area contributed by atoms with E-state index in [1.54, 1.807) is 18.0 Å². The van der Waals surface area contributed by atoms with Crippen molar-refractivity contribution in [2.45, 2.75) is 32.4 Å². The maximum atomic E-state index is 11.2. The zero-order valence-corrected chi connectivity index (χ0v) is 13.5. The number of methoxy groups -OCH3 is 1. The molecule has 4 nitrogen and oxygen atoms in total. The molecule has 0 saturated carbocycles. The van der Waals surface area contributed by atoms with E-state index >= 15 is 0 Å². The van der Waals surface area contributed by atoms with Gasteiger partial charge in [-0.15, -0.1) is 0 Å². The van der Waals surface area contributed by atoms with Crippen LogP contribution in [0.1, 0.15) is 31.5 Å². The summed E-state index contributed by atoms with van der Waals surface area (Å²) in [5.74, 6) is 0.608. The fourth-order valence-electron chi connectivity index (χ4n) is 2.43. The molecule has 0 fully saturated rings. The molecule has 0 spiro atoms. The SMILES string of the molecule is CCn1ncc(OC)c1C(O)(CC)c1cccc(Br)c1. The minimum atomic E-state index is -1.12. The lowest BCUT2D eigenvalue weighted by Gasteiger charge is -2.29. The van der Waals surface area contributed by atoms with Gasteiger partial charge in [0.1, 0.15) is 11.3 Å². The fraction of sp³-hybridized carbons (Fsp3) is 0.400. The number of aromatic nitrogens is 2. The third kappa shape index (κ3) is 2.47. The second-order valence-electron chi connectivity index (χ2n) is 4.60. The summed E-state index contributed by atoms with van der Waals surface area (Å²) in [4.78, 5) is 0. The van der Waals surface area contributed by atoms with Gasteiger partial charge in [-0.05, 0) is 31.0 Å². The van der Waals surface area contributed by atoms with E-state index < -0.39 is 5.60 Å².